The molecule has 0 aliphatic carbocycles. The van der Waals surface area contributed by atoms with Crippen LogP contribution >= 0.6 is 0 Å². The molecule has 3 rings (SSSR count). The van der Waals surface area contributed by atoms with E-state index >= 15 is 0 Å². The summed E-state index contributed by atoms with van der Waals surface area (Å²) in [5.74, 6) is -0.930. The second kappa shape index (κ2) is 20.3. The maximum Gasteiger partial charge on any atom is 0.480 e. The number of esters is 2. The fraction of sp³-hybridized carbons (Fsp3) is 0.438. The Morgan fingerprint density at radius 2 is 1.27 bits per heavy atom. The lowest BCUT2D eigenvalue weighted by molar-refractivity contribution is -0.676. The zero-order valence-electron chi connectivity index (χ0n) is 28.3. The topological polar surface area (TPSA) is 192 Å². The first-order valence-electron chi connectivity index (χ1n) is 14.2. The summed E-state index contributed by atoms with van der Waals surface area (Å²) in [6, 6.07) is 16.8. The average molecular weight is 733 g/mol. The fourth-order valence-electron chi connectivity index (χ4n) is 3.32. The number of carbonyl (C=O) groups is 2. The van der Waals surface area contributed by atoms with Crippen LogP contribution in [0.2, 0.25) is 0 Å². The molecule has 49 heavy (non-hydrogen) atoms. The highest BCUT2D eigenvalue weighted by molar-refractivity contribution is 7.84. The van der Waals surface area contributed by atoms with Crippen LogP contribution in [0.15, 0.2) is 73.1 Å². The summed E-state index contributed by atoms with van der Waals surface area (Å²) in [5.41, 5.74) is 5.55. The number of nitrogens with two attached hydrogens (primary N) is 1. The summed E-state index contributed by atoms with van der Waals surface area (Å²) in [5, 5.41) is 7.32. The molecule has 274 valence electrons. The predicted octanol–water partition coefficient (Wildman–Crippen LogP) is 4.75. The zero-order valence-corrected chi connectivity index (χ0v) is 30.0. The third kappa shape index (κ3) is 20.0. The predicted molar refractivity (Wildman–Crippen MR) is 181 cm³/mol. The Balaban J connectivity index is 0. The molecule has 0 saturated heterocycles. The number of aromatic nitrogens is 2. The normalized spacial score (nSPS) is 12.3. The SMILES string of the molecule is C.CC#N.CC(C)(C)OC(=O)[C@H](N)c1ccccc1.CC(C)(C)OC(=O)[C@H](NS(=O)(=O)F)c1ccccc1.Cc1n(S(=O)(=O)F)cc[n+]1C. The van der Waals surface area contributed by atoms with Crippen molar-refractivity contribution < 1.29 is 48.2 Å². The lowest BCUT2D eigenvalue weighted by Crippen LogP contribution is -2.36. The molecule has 0 spiro atoms. The molecule has 0 aliphatic rings. The van der Waals surface area contributed by atoms with Crippen LogP contribution < -0.4 is 15.0 Å². The van der Waals surface area contributed by atoms with Gasteiger partial charge in [0.1, 0.15) is 35.7 Å². The lowest BCUT2D eigenvalue weighted by Gasteiger charge is -2.23. The Labute approximate surface area is 289 Å². The number of rotatable bonds is 7. The molecule has 2 aromatic carbocycles. The first-order valence-corrected chi connectivity index (χ1v) is 16.9. The van der Waals surface area contributed by atoms with Crippen molar-refractivity contribution in [1.82, 2.24) is 8.69 Å². The number of hydrogen-bond donors (Lipinski definition) is 2. The summed E-state index contributed by atoms with van der Waals surface area (Å²) in [7, 11) is -8.00. The number of imidazole rings is 1. The molecule has 0 bridgehead atoms. The number of ether oxygens (including phenoxy) is 2. The Bertz CT molecular complexity index is 1720. The number of benzene rings is 2. The van der Waals surface area contributed by atoms with E-state index in [9.17, 15) is 34.2 Å². The van der Waals surface area contributed by atoms with E-state index < -0.39 is 56.0 Å². The molecule has 2 atom stereocenters. The molecule has 3 aromatic rings. The summed E-state index contributed by atoms with van der Waals surface area (Å²) in [4.78, 5) is 23.5. The zero-order chi connectivity index (χ0) is 37.5. The van der Waals surface area contributed by atoms with Crippen molar-refractivity contribution in [3.63, 3.8) is 0 Å². The first-order chi connectivity index (χ1) is 21.8. The molecule has 0 aliphatic heterocycles. The molecule has 3 N–H and O–H groups in total. The Kier molecular flexibility index (Phi) is 19.4. The Hall–Kier alpha value is -4.24. The van der Waals surface area contributed by atoms with Crippen molar-refractivity contribution in [3.05, 3.63) is 90.0 Å². The number of hydrogen-bond acceptors (Lipinski definition) is 10. The second-order valence-corrected chi connectivity index (χ2v) is 14.1. The van der Waals surface area contributed by atoms with Gasteiger partial charge in [-0.3, -0.25) is 0 Å². The molecule has 17 heteroatoms. The van der Waals surface area contributed by atoms with Gasteiger partial charge in [0.2, 0.25) is 0 Å². The summed E-state index contributed by atoms with van der Waals surface area (Å²) in [6.45, 7) is 13.3. The van der Waals surface area contributed by atoms with Crippen LogP contribution in [0.25, 0.3) is 0 Å². The monoisotopic (exact) mass is 732 g/mol. The van der Waals surface area contributed by atoms with Gasteiger partial charge in [0.05, 0.1) is 13.1 Å². The smallest absolute Gasteiger partial charge is 0.459 e. The number of nitrogens with zero attached hydrogens (tertiary/aromatic N) is 3. The molecule has 1 heterocycles. The van der Waals surface area contributed by atoms with Crippen molar-refractivity contribution in [3.8, 4) is 6.07 Å². The van der Waals surface area contributed by atoms with Gasteiger partial charge in [0, 0.05) is 13.8 Å². The van der Waals surface area contributed by atoms with Gasteiger partial charge < -0.3 is 15.2 Å². The minimum absolute atomic E-state index is 0. The number of nitriles is 1. The van der Waals surface area contributed by atoms with Crippen LogP contribution in [0.3, 0.4) is 0 Å². The van der Waals surface area contributed by atoms with Crippen LogP contribution in [0.1, 0.15) is 84.9 Å². The minimum atomic E-state index is -5.02. The van der Waals surface area contributed by atoms with Crippen molar-refractivity contribution in [2.24, 2.45) is 12.8 Å². The standard InChI is InChI=1S/C12H16FNO4S.C12H17NO2.C5H8FN2O2S.C2H3N.CH4/c1-12(2,3)18-11(15)10(14-19(13,16)17)9-7-5-4-6-8-9;1-12(2,3)15-11(14)10(13)9-7-5-4-6-8-9;1-5-7(2)3-4-8(5)11(6,9)10;1-2-3;/h4-8,10,14H,1-3H3;4-8,10H,13H2,1-3H3;3-4H,1-2H3;1H3;1H4/q;;+1;;/t2*10-;;;/m11.../s1. The third-order valence-corrected chi connectivity index (χ3v) is 6.72. The first kappa shape index (κ1) is 46.9. The average Bonchev–Trinajstić information content (AvgIpc) is 3.29. The number of nitrogens with one attached hydrogen (secondary N) is 1. The van der Waals surface area contributed by atoms with Gasteiger partial charge in [-0.2, -0.15) is 26.8 Å². The molecule has 0 radical (unpaired) electrons. The fourth-order valence-corrected chi connectivity index (χ4v) is 4.48. The van der Waals surface area contributed by atoms with Crippen molar-refractivity contribution >= 4 is 32.8 Å². The molecule has 1 aromatic heterocycles. The van der Waals surface area contributed by atoms with E-state index in [-0.39, 0.29) is 7.43 Å². The number of aryl methyl sites for hydroxylation is 1. The van der Waals surface area contributed by atoms with Crippen LogP contribution in [-0.4, -0.2) is 43.9 Å². The Morgan fingerprint density at radius 3 is 1.57 bits per heavy atom. The third-order valence-electron chi connectivity index (χ3n) is 5.34. The van der Waals surface area contributed by atoms with Gasteiger partial charge in [-0.1, -0.05) is 79.8 Å². The van der Waals surface area contributed by atoms with Crippen LogP contribution in [-0.2, 0) is 46.9 Å². The van der Waals surface area contributed by atoms with E-state index in [0.717, 1.165) is 11.8 Å². The van der Waals surface area contributed by atoms with E-state index in [0.29, 0.717) is 15.4 Å². The van der Waals surface area contributed by atoms with E-state index in [1.54, 1.807) is 56.8 Å². The number of carbonyl (C=O) groups excluding carboxylic acids is 2. The van der Waals surface area contributed by atoms with Gasteiger partial charge >= 0.3 is 32.8 Å². The second-order valence-electron chi connectivity index (χ2n) is 11.8. The van der Waals surface area contributed by atoms with Crippen molar-refractivity contribution in [2.75, 3.05) is 0 Å². The van der Waals surface area contributed by atoms with Gasteiger partial charge in [-0.15, -0.1) is 0 Å². The van der Waals surface area contributed by atoms with Crippen molar-refractivity contribution in [2.45, 2.75) is 86.1 Å². The molecule has 0 amide bonds. The van der Waals surface area contributed by atoms with Crippen LogP contribution in [0, 0.1) is 18.3 Å². The van der Waals surface area contributed by atoms with E-state index in [1.165, 1.54) is 36.7 Å². The summed E-state index contributed by atoms with van der Waals surface area (Å²) in [6.07, 6.45) is 2.62. The van der Waals surface area contributed by atoms with E-state index in [2.05, 4.69) is 0 Å². The van der Waals surface area contributed by atoms with Gasteiger partial charge in [-0.05, 0) is 52.7 Å². The van der Waals surface area contributed by atoms with Gasteiger partial charge in [0.25, 0.3) is 5.82 Å². The van der Waals surface area contributed by atoms with E-state index in [1.807, 2.05) is 51.1 Å². The molecular weight excluding hydrogens is 685 g/mol. The van der Waals surface area contributed by atoms with Crippen LogP contribution in [0.5, 0.6) is 0 Å². The lowest BCUT2D eigenvalue weighted by atomic mass is 10.1. The quantitative estimate of drug-likeness (QED) is 0.195. The number of halogens is 2. The van der Waals surface area contributed by atoms with Gasteiger partial charge in [0.15, 0.2) is 0 Å². The summed E-state index contributed by atoms with van der Waals surface area (Å²) >= 11 is 0. The maximum atomic E-state index is 12.8. The highest BCUT2D eigenvalue weighted by Crippen LogP contribution is 2.20. The van der Waals surface area contributed by atoms with Crippen LogP contribution in [0.4, 0.5) is 7.77 Å². The minimum Gasteiger partial charge on any atom is -0.459 e. The van der Waals surface area contributed by atoms with Gasteiger partial charge in [-0.25, -0.2) is 14.2 Å². The van der Waals surface area contributed by atoms with Crippen molar-refractivity contribution in [1.29, 1.82) is 5.26 Å². The molecule has 0 saturated carbocycles. The molecule has 0 unspecified atom stereocenters. The van der Waals surface area contributed by atoms with E-state index in [4.69, 9.17) is 20.5 Å². The largest absolute Gasteiger partial charge is 0.480 e. The highest BCUT2D eigenvalue weighted by Gasteiger charge is 2.30. The highest BCUT2D eigenvalue weighted by atomic mass is 32.3. The maximum absolute atomic E-state index is 12.8. The molecular formula is C32H48F2N5O8S2+. The summed E-state index contributed by atoms with van der Waals surface area (Å²) < 4.78 is 81.2. The molecule has 13 nitrogen and oxygen atoms in total. The molecule has 0 fully saturated rings. The Morgan fingerprint density at radius 1 is 0.878 bits per heavy atom.